The topological polar surface area (TPSA) is 9.23 Å². The van der Waals surface area contributed by atoms with Crippen molar-refractivity contribution < 1.29 is 13.5 Å². The smallest absolute Gasteiger partial charge is 0.235 e. The van der Waals surface area contributed by atoms with E-state index in [0.717, 1.165) is 0 Å². The molecular formula is C12H16F2O. The summed E-state index contributed by atoms with van der Waals surface area (Å²) in [5.74, 6) is 0.0673. The van der Waals surface area contributed by atoms with Crippen LogP contribution >= 0.6 is 0 Å². The SMILES string of the molecule is CC(F)Oc1ccc(F)c(C(C)(C)C)c1. The highest BCUT2D eigenvalue weighted by Gasteiger charge is 2.19. The summed E-state index contributed by atoms with van der Waals surface area (Å²) >= 11 is 0. The molecule has 0 aliphatic carbocycles. The highest BCUT2D eigenvalue weighted by Crippen LogP contribution is 2.28. The molecule has 1 atom stereocenters. The van der Waals surface area contributed by atoms with E-state index in [1.165, 1.54) is 19.1 Å². The lowest BCUT2D eigenvalue weighted by Gasteiger charge is -2.20. The summed E-state index contributed by atoms with van der Waals surface area (Å²) in [6.45, 7) is 6.98. The molecule has 15 heavy (non-hydrogen) atoms. The van der Waals surface area contributed by atoms with E-state index in [0.29, 0.717) is 11.3 Å². The minimum absolute atomic E-state index is 0.290. The average Bonchev–Trinajstić information content (AvgIpc) is 2.05. The first-order chi connectivity index (χ1) is 6.80. The minimum Gasteiger partial charge on any atom is -0.461 e. The number of hydrogen-bond donors (Lipinski definition) is 0. The molecule has 0 radical (unpaired) electrons. The zero-order chi connectivity index (χ0) is 11.6. The predicted octanol–water partition coefficient (Wildman–Crippen LogP) is 3.82. The first-order valence-corrected chi connectivity index (χ1v) is 4.91. The normalized spacial score (nSPS) is 13.7. The van der Waals surface area contributed by atoms with Crippen molar-refractivity contribution in [1.82, 2.24) is 0 Å². The molecule has 0 aromatic heterocycles. The van der Waals surface area contributed by atoms with E-state index in [4.69, 9.17) is 4.74 Å². The second-order valence-corrected chi connectivity index (χ2v) is 4.55. The van der Waals surface area contributed by atoms with E-state index in [9.17, 15) is 8.78 Å². The van der Waals surface area contributed by atoms with Crippen LogP contribution in [0.15, 0.2) is 18.2 Å². The van der Waals surface area contributed by atoms with Crippen LogP contribution in [0.3, 0.4) is 0 Å². The van der Waals surface area contributed by atoms with Crippen molar-refractivity contribution in [2.45, 2.75) is 39.5 Å². The lowest BCUT2D eigenvalue weighted by molar-refractivity contribution is 0.0857. The number of rotatable bonds is 2. The molecule has 1 unspecified atom stereocenters. The maximum atomic E-state index is 13.5. The largest absolute Gasteiger partial charge is 0.461 e. The Balaban J connectivity index is 3.06. The molecule has 1 aromatic rings. The quantitative estimate of drug-likeness (QED) is 0.727. The van der Waals surface area contributed by atoms with E-state index in [1.54, 1.807) is 6.07 Å². The Labute approximate surface area is 89.1 Å². The van der Waals surface area contributed by atoms with E-state index in [-0.39, 0.29) is 11.2 Å². The van der Waals surface area contributed by atoms with Crippen molar-refractivity contribution >= 4 is 0 Å². The first kappa shape index (κ1) is 12.0. The van der Waals surface area contributed by atoms with Gasteiger partial charge in [-0.3, -0.25) is 0 Å². The fourth-order valence-corrected chi connectivity index (χ4v) is 1.34. The van der Waals surface area contributed by atoms with Crippen LogP contribution in [-0.4, -0.2) is 6.36 Å². The van der Waals surface area contributed by atoms with Crippen molar-refractivity contribution in [3.8, 4) is 5.75 Å². The molecule has 0 aliphatic rings. The Hall–Kier alpha value is -1.12. The number of ether oxygens (including phenoxy) is 1. The number of hydrogen-bond acceptors (Lipinski definition) is 1. The van der Waals surface area contributed by atoms with Crippen LogP contribution < -0.4 is 4.74 Å². The summed E-state index contributed by atoms with van der Waals surface area (Å²) in [5.41, 5.74) is 0.212. The number of alkyl halides is 1. The van der Waals surface area contributed by atoms with Gasteiger partial charge in [-0.25, -0.2) is 8.78 Å². The van der Waals surface area contributed by atoms with Gasteiger partial charge >= 0.3 is 0 Å². The third-order valence-electron chi connectivity index (χ3n) is 2.04. The average molecular weight is 214 g/mol. The van der Waals surface area contributed by atoms with Gasteiger partial charge in [-0.1, -0.05) is 20.8 Å². The minimum atomic E-state index is -1.39. The van der Waals surface area contributed by atoms with Crippen LogP contribution in [0.4, 0.5) is 8.78 Å². The fourth-order valence-electron chi connectivity index (χ4n) is 1.34. The Morgan fingerprint density at radius 1 is 1.27 bits per heavy atom. The van der Waals surface area contributed by atoms with Crippen molar-refractivity contribution in [2.24, 2.45) is 0 Å². The Bertz CT molecular complexity index is 340. The molecule has 0 N–H and O–H groups in total. The van der Waals surface area contributed by atoms with Crippen LogP contribution in [0.5, 0.6) is 5.75 Å². The van der Waals surface area contributed by atoms with Gasteiger partial charge in [0.25, 0.3) is 0 Å². The molecule has 0 saturated carbocycles. The van der Waals surface area contributed by atoms with Gasteiger partial charge in [-0.05, 0) is 29.2 Å². The standard InChI is InChI=1S/C12H16F2O/c1-8(13)15-9-5-6-11(14)10(7-9)12(2,3)4/h5-8H,1-4H3. The molecule has 0 bridgehead atoms. The van der Waals surface area contributed by atoms with Crippen LogP contribution in [-0.2, 0) is 5.41 Å². The Kier molecular flexibility index (Phi) is 3.32. The van der Waals surface area contributed by atoms with Crippen molar-refractivity contribution in [1.29, 1.82) is 0 Å². The van der Waals surface area contributed by atoms with Crippen LogP contribution in [0.25, 0.3) is 0 Å². The van der Waals surface area contributed by atoms with Gasteiger partial charge in [0, 0.05) is 6.92 Å². The van der Waals surface area contributed by atoms with Gasteiger partial charge in [0.15, 0.2) is 0 Å². The summed E-state index contributed by atoms with van der Waals surface area (Å²) in [6, 6.07) is 4.28. The molecule has 0 spiro atoms. The highest BCUT2D eigenvalue weighted by atomic mass is 19.1. The van der Waals surface area contributed by atoms with Crippen LogP contribution in [0.1, 0.15) is 33.3 Å². The van der Waals surface area contributed by atoms with Gasteiger partial charge in [0.1, 0.15) is 11.6 Å². The van der Waals surface area contributed by atoms with Gasteiger partial charge < -0.3 is 4.74 Å². The molecule has 1 rings (SSSR count). The lowest BCUT2D eigenvalue weighted by atomic mass is 9.86. The molecule has 1 aromatic carbocycles. The van der Waals surface area contributed by atoms with Gasteiger partial charge in [0.05, 0.1) is 0 Å². The fraction of sp³-hybridized carbons (Fsp3) is 0.500. The van der Waals surface area contributed by atoms with E-state index in [1.807, 2.05) is 20.8 Å². The molecule has 0 amide bonds. The lowest BCUT2D eigenvalue weighted by Crippen LogP contribution is -2.14. The van der Waals surface area contributed by atoms with Gasteiger partial charge in [0.2, 0.25) is 6.36 Å². The van der Waals surface area contributed by atoms with Crippen molar-refractivity contribution in [2.75, 3.05) is 0 Å². The summed E-state index contributed by atoms with van der Waals surface area (Å²) in [4.78, 5) is 0. The van der Waals surface area contributed by atoms with Crippen molar-refractivity contribution in [3.05, 3.63) is 29.6 Å². The van der Waals surface area contributed by atoms with Gasteiger partial charge in [-0.2, -0.15) is 0 Å². The highest BCUT2D eigenvalue weighted by molar-refractivity contribution is 5.34. The van der Waals surface area contributed by atoms with Crippen molar-refractivity contribution in [3.63, 3.8) is 0 Å². The monoisotopic (exact) mass is 214 g/mol. The number of benzene rings is 1. The molecule has 0 fully saturated rings. The molecule has 84 valence electrons. The molecule has 0 saturated heterocycles. The van der Waals surface area contributed by atoms with Gasteiger partial charge in [-0.15, -0.1) is 0 Å². The molecule has 1 nitrogen and oxygen atoms in total. The molecular weight excluding hydrogens is 198 g/mol. The van der Waals surface area contributed by atoms with E-state index < -0.39 is 6.36 Å². The van der Waals surface area contributed by atoms with E-state index >= 15 is 0 Å². The third kappa shape index (κ3) is 3.18. The summed E-state index contributed by atoms with van der Waals surface area (Å²) < 4.78 is 30.9. The Morgan fingerprint density at radius 3 is 2.33 bits per heavy atom. The molecule has 0 aliphatic heterocycles. The maximum absolute atomic E-state index is 13.5. The molecule has 3 heteroatoms. The van der Waals surface area contributed by atoms with Crippen LogP contribution in [0, 0.1) is 5.82 Å². The number of halogens is 2. The second kappa shape index (κ2) is 4.17. The van der Waals surface area contributed by atoms with E-state index in [2.05, 4.69) is 0 Å². The first-order valence-electron chi connectivity index (χ1n) is 4.91. The summed E-state index contributed by atoms with van der Waals surface area (Å²) in [5, 5.41) is 0. The zero-order valence-electron chi connectivity index (χ0n) is 9.47. The predicted molar refractivity (Wildman–Crippen MR) is 56.3 cm³/mol. The summed E-state index contributed by atoms with van der Waals surface area (Å²) in [7, 11) is 0. The zero-order valence-corrected chi connectivity index (χ0v) is 9.47. The third-order valence-corrected chi connectivity index (χ3v) is 2.04. The second-order valence-electron chi connectivity index (χ2n) is 4.55. The molecule has 0 heterocycles. The Morgan fingerprint density at radius 2 is 1.87 bits per heavy atom. The van der Waals surface area contributed by atoms with Crippen LogP contribution in [0.2, 0.25) is 0 Å². The maximum Gasteiger partial charge on any atom is 0.235 e. The summed E-state index contributed by atoms with van der Waals surface area (Å²) in [6.07, 6.45) is -1.39.